The Hall–Kier alpha value is -0.640. The molecule has 0 saturated heterocycles. The topological polar surface area (TPSA) is 59.1 Å². The largest absolute Gasteiger partial charge is 0.387 e. The van der Waals surface area contributed by atoms with E-state index in [1.165, 1.54) is 0 Å². The van der Waals surface area contributed by atoms with Gasteiger partial charge < -0.3 is 10.8 Å². The minimum absolute atomic E-state index is 0.157. The van der Waals surface area contributed by atoms with E-state index >= 15 is 0 Å². The Morgan fingerprint density at radius 1 is 1.67 bits per heavy atom. The first-order valence-corrected chi connectivity index (χ1v) is 4.04. The highest BCUT2D eigenvalue weighted by Crippen LogP contribution is 2.20. The van der Waals surface area contributed by atoms with Crippen LogP contribution in [0.4, 0.5) is 0 Å². The lowest BCUT2D eigenvalue weighted by Crippen LogP contribution is -2.12. The Labute approximate surface area is 76.2 Å². The zero-order chi connectivity index (χ0) is 9.14. The average molecular weight is 187 g/mol. The minimum atomic E-state index is -0.717. The van der Waals surface area contributed by atoms with Crippen LogP contribution in [-0.2, 0) is 0 Å². The first-order valence-electron chi connectivity index (χ1n) is 3.66. The molecule has 1 atom stereocenters. The lowest BCUT2D eigenvalue weighted by Gasteiger charge is -2.09. The van der Waals surface area contributed by atoms with E-state index in [9.17, 15) is 5.11 Å². The molecule has 1 rings (SSSR count). The van der Waals surface area contributed by atoms with Crippen molar-refractivity contribution in [3.63, 3.8) is 0 Å². The van der Waals surface area contributed by atoms with Crippen molar-refractivity contribution in [1.29, 1.82) is 0 Å². The van der Waals surface area contributed by atoms with Gasteiger partial charge in [0.2, 0.25) is 0 Å². The zero-order valence-corrected chi connectivity index (χ0v) is 7.54. The highest BCUT2D eigenvalue weighted by Gasteiger charge is 2.09. The van der Waals surface area contributed by atoms with Crippen molar-refractivity contribution in [2.75, 3.05) is 6.54 Å². The van der Waals surface area contributed by atoms with Crippen LogP contribution in [0.5, 0.6) is 0 Å². The average Bonchev–Trinajstić information content (AvgIpc) is 2.03. The molecule has 0 amide bonds. The highest BCUT2D eigenvalue weighted by atomic mass is 35.5. The molecule has 3 nitrogen and oxygen atoms in total. The molecule has 12 heavy (non-hydrogen) atoms. The zero-order valence-electron chi connectivity index (χ0n) is 6.79. The van der Waals surface area contributed by atoms with Crippen molar-refractivity contribution >= 4 is 11.6 Å². The maximum Gasteiger partial charge on any atom is 0.135 e. The summed E-state index contributed by atoms with van der Waals surface area (Å²) >= 11 is 5.78. The standard InChI is InChI=1S/C8H11ClN2O/c1-5-2-3-6(7(12)4-10)8(9)11-5/h2-3,7,12H,4,10H2,1H3/t7-/m1/s1. The van der Waals surface area contributed by atoms with Gasteiger partial charge in [-0.25, -0.2) is 4.98 Å². The van der Waals surface area contributed by atoms with Gasteiger partial charge in [-0.3, -0.25) is 0 Å². The summed E-state index contributed by atoms with van der Waals surface area (Å²) in [6.45, 7) is 1.99. The number of aryl methyl sites for hydroxylation is 1. The fourth-order valence-corrected chi connectivity index (χ4v) is 1.23. The van der Waals surface area contributed by atoms with Crippen LogP contribution < -0.4 is 5.73 Å². The number of hydrogen-bond acceptors (Lipinski definition) is 3. The van der Waals surface area contributed by atoms with E-state index in [1.807, 2.05) is 6.92 Å². The van der Waals surface area contributed by atoms with Crippen molar-refractivity contribution in [3.05, 3.63) is 28.5 Å². The third-order valence-corrected chi connectivity index (χ3v) is 1.90. The number of rotatable bonds is 2. The number of pyridine rings is 1. The molecule has 66 valence electrons. The normalized spacial score (nSPS) is 13.0. The number of hydrogen-bond donors (Lipinski definition) is 2. The molecule has 0 bridgehead atoms. The first kappa shape index (κ1) is 9.45. The van der Waals surface area contributed by atoms with Gasteiger partial charge in [-0.05, 0) is 13.0 Å². The highest BCUT2D eigenvalue weighted by molar-refractivity contribution is 6.30. The molecule has 0 radical (unpaired) electrons. The summed E-state index contributed by atoms with van der Waals surface area (Å²) < 4.78 is 0. The molecule has 0 aliphatic rings. The molecule has 4 heteroatoms. The number of halogens is 1. The van der Waals surface area contributed by atoms with Gasteiger partial charge in [-0.2, -0.15) is 0 Å². The fourth-order valence-electron chi connectivity index (χ4n) is 0.911. The Morgan fingerprint density at radius 3 is 2.83 bits per heavy atom. The summed E-state index contributed by atoms with van der Waals surface area (Å²) in [4.78, 5) is 3.99. The molecule has 0 spiro atoms. The van der Waals surface area contributed by atoms with Crippen molar-refractivity contribution < 1.29 is 5.11 Å². The summed E-state index contributed by atoms with van der Waals surface area (Å²) in [6.07, 6.45) is -0.717. The minimum Gasteiger partial charge on any atom is -0.387 e. The second kappa shape index (κ2) is 3.85. The number of nitrogens with zero attached hydrogens (tertiary/aromatic N) is 1. The smallest absolute Gasteiger partial charge is 0.135 e. The van der Waals surface area contributed by atoms with Crippen LogP contribution >= 0.6 is 11.6 Å². The summed E-state index contributed by atoms with van der Waals surface area (Å²) in [5.41, 5.74) is 6.69. The molecule has 0 fully saturated rings. The van der Waals surface area contributed by atoms with Crippen molar-refractivity contribution in [1.82, 2.24) is 4.98 Å². The van der Waals surface area contributed by atoms with Gasteiger partial charge in [0.1, 0.15) is 5.15 Å². The van der Waals surface area contributed by atoms with Gasteiger partial charge in [0, 0.05) is 17.8 Å². The van der Waals surface area contributed by atoms with Crippen molar-refractivity contribution in [3.8, 4) is 0 Å². The van der Waals surface area contributed by atoms with Crippen LogP contribution in [-0.4, -0.2) is 16.6 Å². The quantitative estimate of drug-likeness (QED) is 0.679. The maximum atomic E-state index is 9.35. The van der Waals surface area contributed by atoms with Crippen LogP contribution in [0.2, 0.25) is 5.15 Å². The van der Waals surface area contributed by atoms with E-state index < -0.39 is 6.10 Å². The SMILES string of the molecule is Cc1ccc([C@H](O)CN)c(Cl)n1. The molecule has 0 unspecified atom stereocenters. The second-order valence-electron chi connectivity index (χ2n) is 2.58. The number of aliphatic hydroxyl groups is 1. The molecule has 1 aromatic heterocycles. The van der Waals surface area contributed by atoms with E-state index in [-0.39, 0.29) is 6.54 Å². The van der Waals surface area contributed by atoms with E-state index in [1.54, 1.807) is 12.1 Å². The number of aliphatic hydroxyl groups excluding tert-OH is 1. The molecule has 1 aromatic rings. The Kier molecular flexibility index (Phi) is 3.03. The van der Waals surface area contributed by atoms with Crippen molar-refractivity contribution in [2.45, 2.75) is 13.0 Å². The second-order valence-corrected chi connectivity index (χ2v) is 2.94. The number of nitrogens with two attached hydrogens (primary N) is 1. The van der Waals surface area contributed by atoms with E-state index in [0.29, 0.717) is 10.7 Å². The molecule has 0 aliphatic heterocycles. The molecule has 0 aliphatic carbocycles. The van der Waals surface area contributed by atoms with Gasteiger partial charge in [-0.1, -0.05) is 17.7 Å². The van der Waals surface area contributed by atoms with Gasteiger partial charge in [0.25, 0.3) is 0 Å². The van der Waals surface area contributed by atoms with Crippen LogP contribution in [0.1, 0.15) is 17.4 Å². The van der Waals surface area contributed by atoms with Crippen LogP contribution in [0.15, 0.2) is 12.1 Å². The van der Waals surface area contributed by atoms with Crippen LogP contribution in [0.25, 0.3) is 0 Å². The van der Waals surface area contributed by atoms with Gasteiger partial charge in [0.05, 0.1) is 6.10 Å². The summed E-state index contributed by atoms with van der Waals surface area (Å²) in [6, 6.07) is 3.53. The predicted octanol–water partition coefficient (Wildman–Crippen LogP) is 1.04. The molecular weight excluding hydrogens is 176 g/mol. The molecule has 0 aromatic carbocycles. The lowest BCUT2D eigenvalue weighted by molar-refractivity contribution is 0.186. The van der Waals surface area contributed by atoms with Crippen LogP contribution in [0.3, 0.4) is 0 Å². The molecule has 0 saturated carbocycles. The summed E-state index contributed by atoms with van der Waals surface area (Å²) in [5.74, 6) is 0. The van der Waals surface area contributed by atoms with Crippen molar-refractivity contribution in [2.24, 2.45) is 5.73 Å². The third-order valence-electron chi connectivity index (χ3n) is 1.60. The molecular formula is C8H11ClN2O. The molecule has 1 heterocycles. The third kappa shape index (κ3) is 1.94. The Balaban J connectivity index is 3.01. The monoisotopic (exact) mass is 186 g/mol. The van der Waals surface area contributed by atoms with Crippen LogP contribution in [0, 0.1) is 6.92 Å². The van der Waals surface area contributed by atoms with E-state index in [4.69, 9.17) is 17.3 Å². The lowest BCUT2D eigenvalue weighted by atomic mass is 10.1. The van der Waals surface area contributed by atoms with Gasteiger partial charge >= 0.3 is 0 Å². The maximum absolute atomic E-state index is 9.35. The first-order chi connectivity index (χ1) is 5.65. The Bertz CT molecular complexity index is 278. The predicted molar refractivity (Wildman–Crippen MR) is 48.0 cm³/mol. The molecule has 3 N–H and O–H groups in total. The van der Waals surface area contributed by atoms with E-state index in [0.717, 1.165) is 5.69 Å². The van der Waals surface area contributed by atoms with E-state index in [2.05, 4.69) is 4.98 Å². The van der Waals surface area contributed by atoms with Gasteiger partial charge in [-0.15, -0.1) is 0 Å². The summed E-state index contributed by atoms with van der Waals surface area (Å²) in [7, 11) is 0. The number of aromatic nitrogens is 1. The summed E-state index contributed by atoms with van der Waals surface area (Å²) in [5, 5.41) is 9.68. The fraction of sp³-hybridized carbons (Fsp3) is 0.375. The Morgan fingerprint density at radius 2 is 2.33 bits per heavy atom. The van der Waals surface area contributed by atoms with Gasteiger partial charge in [0.15, 0.2) is 0 Å².